The number of hydrogen-bond acceptors (Lipinski definition) is 7. The lowest BCUT2D eigenvalue weighted by Crippen LogP contribution is -2.50. The molecular formula is C15H18FN5O2. The Hall–Kier alpha value is -2.09. The van der Waals surface area contributed by atoms with E-state index in [1.54, 1.807) is 0 Å². The summed E-state index contributed by atoms with van der Waals surface area (Å²) in [7, 11) is 0. The van der Waals surface area contributed by atoms with Gasteiger partial charge in [-0.1, -0.05) is 5.16 Å². The van der Waals surface area contributed by atoms with Gasteiger partial charge in [0.25, 0.3) is 0 Å². The zero-order valence-corrected chi connectivity index (χ0v) is 12.7. The molecule has 2 fully saturated rings. The molecule has 0 radical (unpaired) electrons. The maximum atomic E-state index is 12.9. The summed E-state index contributed by atoms with van der Waals surface area (Å²) in [6.07, 6.45) is 6.24. The molecule has 0 amide bonds. The number of piperidine rings is 1. The van der Waals surface area contributed by atoms with E-state index in [1.807, 2.05) is 4.90 Å². The highest BCUT2D eigenvalue weighted by molar-refractivity contribution is 5.31. The molecule has 2 aromatic rings. The molecule has 23 heavy (non-hydrogen) atoms. The van der Waals surface area contributed by atoms with Crippen molar-refractivity contribution in [2.75, 3.05) is 18.0 Å². The van der Waals surface area contributed by atoms with Crippen LogP contribution in [0.15, 0.2) is 16.9 Å². The molecule has 2 aliphatic rings. The average molecular weight is 319 g/mol. The second-order valence-corrected chi connectivity index (χ2v) is 6.45. The third kappa shape index (κ3) is 3.17. The lowest BCUT2D eigenvalue weighted by molar-refractivity contribution is 0.0189. The van der Waals surface area contributed by atoms with E-state index in [4.69, 9.17) is 4.52 Å². The summed E-state index contributed by atoms with van der Waals surface area (Å²) in [6, 6.07) is 0. The fraction of sp³-hybridized carbons (Fsp3) is 0.600. The van der Waals surface area contributed by atoms with E-state index in [0.29, 0.717) is 37.1 Å². The Bertz CT molecular complexity index is 687. The van der Waals surface area contributed by atoms with Crippen LogP contribution in [-0.4, -0.2) is 43.9 Å². The van der Waals surface area contributed by atoms with Crippen molar-refractivity contribution in [2.24, 2.45) is 0 Å². The van der Waals surface area contributed by atoms with Gasteiger partial charge in [0, 0.05) is 12.5 Å². The number of β-amino-alcohol motifs (C(OH)–C–C–N with tert-alkyl or cyclic N) is 1. The molecular weight excluding hydrogens is 301 g/mol. The van der Waals surface area contributed by atoms with Crippen LogP contribution in [0.1, 0.15) is 43.3 Å². The molecule has 1 N–H and O–H groups in total. The minimum absolute atomic E-state index is 0.310. The number of rotatable bonds is 4. The average Bonchev–Trinajstić information content (AvgIpc) is 3.28. The van der Waals surface area contributed by atoms with Crippen LogP contribution in [-0.2, 0) is 6.42 Å². The first-order chi connectivity index (χ1) is 11.1. The lowest BCUT2D eigenvalue weighted by Gasteiger charge is -2.38. The monoisotopic (exact) mass is 319 g/mol. The van der Waals surface area contributed by atoms with E-state index in [0.717, 1.165) is 44.0 Å². The standard InChI is InChI=1S/C15H18FN5O2/c16-11-7-17-14(18-8-11)21-5-1-4-15(22,9-21)6-12-19-13(20-23-12)10-2-3-10/h7-8,10,22H,1-6,9H2. The number of halogens is 1. The quantitative estimate of drug-likeness (QED) is 0.912. The second kappa shape index (κ2) is 5.52. The summed E-state index contributed by atoms with van der Waals surface area (Å²) in [5.41, 5.74) is -0.969. The molecule has 2 aromatic heterocycles. The zero-order chi connectivity index (χ0) is 15.9. The van der Waals surface area contributed by atoms with Gasteiger partial charge in [0.05, 0.1) is 31.0 Å². The Morgan fingerprint density at radius 1 is 1.35 bits per heavy atom. The molecule has 3 heterocycles. The third-order valence-electron chi connectivity index (χ3n) is 4.35. The van der Waals surface area contributed by atoms with E-state index in [-0.39, 0.29) is 0 Å². The van der Waals surface area contributed by atoms with Crippen molar-refractivity contribution in [1.29, 1.82) is 0 Å². The van der Waals surface area contributed by atoms with Gasteiger partial charge in [-0.15, -0.1) is 0 Å². The van der Waals surface area contributed by atoms with Crippen molar-refractivity contribution in [3.8, 4) is 0 Å². The van der Waals surface area contributed by atoms with Gasteiger partial charge in [0.15, 0.2) is 11.6 Å². The van der Waals surface area contributed by atoms with Crippen LogP contribution < -0.4 is 4.90 Å². The minimum atomic E-state index is -0.969. The SMILES string of the molecule is OC1(Cc2nc(C3CC3)no2)CCCN(c2ncc(F)cn2)C1. The van der Waals surface area contributed by atoms with Gasteiger partial charge in [-0.3, -0.25) is 0 Å². The zero-order valence-electron chi connectivity index (χ0n) is 12.7. The Balaban J connectivity index is 1.46. The van der Waals surface area contributed by atoms with Crippen LogP contribution in [0.2, 0.25) is 0 Å². The number of aliphatic hydroxyl groups is 1. The molecule has 0 spiro atoms. The first kappa shape index (κ1) is 14.5. The number of hydrogen-bond donors (Lipinski definition) is 1. The fourth-order valence-electron chi connectivity index (χ4n) is 3.02. The minimum Gasteiger partial charge on any atom is -0.388 e. The van der Waals surface area contributed by atoms with Gasteiger partial charge in [0.1, 0.15) is 0 Å². The third-order valence-corrected chi connectivity index (χ3v) is 4.35. The number of anilines is 1. The molecule has 7 nitrogen and oxygen atoms in total. The van der Waals surface area contributed by atoms with Gasteiger partial charge < -0.3 is 14.5 Å². The first-order valence-electron chi connectivity index (χ1n) is 7.89. The van der Waals surface area contributed by atoms with Crippen LogP contribution in [0, 0.1) is 5.82 Å². The Labute approximate surface area is 132 Å². The van der Waals surface area contributed by atoms with Crippen LogP contribution in [0.3, 0.4) is 0 Å². The molecule has 0 bridgehead atoms. The lowest BCUT2D eigenvalue weighted by atomic mass is 9.89. The Morgan fingerprint density at radius 2 is 2.13 bits per heavy atom. The largest absolute Gasteiger partial charge is 0.388 e. The van der Waals surface area contributed by atoms with E-state index < -0.39 is 11.4 Å². The van der Waals surface area contributed by atoms with Crippen molar-refractivity contribution in [3.63, 3.8) is 0 Å². The van der Waals surface area contributed by atoms with Gasteiger partial charge in [-0.05, 0) is 25.7 Å². The van der Waals surface area contributed by atoms with Gasteiger partial charge in [-0.2, -0.15) is 4.98 Å². The molecule has 0 aromatic carbocycles. The molecule has 122 valence electrons. The van der Waals surface area contributed by atoms with Crippen LogP contribution in [0.5, 0.6) is 0 Å². The van der Waals surface area contributed by atoms with Crippen molar-refractivity contribution >= 4 is 5.95 Å². The van der Waals surface area contributed by atoms with Crippen molar-refractivity contribution < 1.29 is 14.0 Å². The van der Waals surface area contributed by atoms with Gasteiger partial charge in [0.2, 0.25) is 11.8 Å². The number of aromatic nitrogens is 4. The van der Waals surface area contributed by atoms with Gasteiger partial charge >= 0.3 is 0 Å². The molecule has 1 aliphatic heterocycles. The molecule has 4 rings (SSSR count). The highest BCUT2D eigenvalue weighted by atomic mass is 19.1. The topological polar surface area (TPSA) is 88.2 Å². The van der Waals surface area contributed by atoms with E-state index in [1.165, 1.54) is 0 Å². The predicted octanol–water partition coefficient (Wildman–Crippen LogP) is 1.45. The number of nitrogens with zero attached hydrogens (tertiary/aromatic N) is 5. The maximum Gasteiger partial charge on any atom is 0.229 e. The molecule has 1 unspecified atom stereocenters. The summed E-state index contributed by atoms with van der Waals surface area (Å²) >= 11 is 0. The van der Waals surface area contributed by atoms with Crippen LogP contribution in [0.25, 0.3) is 0 Å². The van der Waals surface area contributed by atoms with E-state index in [2.05, 4.69) is 20.1 Å². The fourth-order valence-corrected chi connectivity index (χ4v) is 3.02. The summed E-state index contributed by atoms with van der Waals surface area (Å²) in [5, 5.41) is 14.9. The highest BCUT2D eigenvalue weighted by Crippen LogP contribution is 2.38. The summed E-state index contributed by atoms with van der Waals surface area (Å²) in [6.45, 7) is 1.09. The van der Waals surface area contributed by atoms with Crippen molar-refractivity contribution in [3.05, 3.63) is 29.9 Å². The van der Waals surface area contributed by atoms with E-state index in [9.17, 15) is 9.50 Å². The van der Waals surface area contributed by atoms with Crippen molar-refractivity contribution in [1.82, 2.24) is 20.1 Å². The predicted molar refractivity (Wildman–Crippen MR) is 78.4 cm³/mol. The molecule has 1 saturated carbocycles. The smallest absolute Gasteiger partial charge is 0.229 e. The summed E-state index contributed by atoms with van der Waals surface area (Å²) in [5.74, 6) is 1.60. The summed E-state index contributed by atoms with van der Waals surface area (Å²) < 4.78 is 18.2. The molecule has 1 aliphatic carbocycles. The normalized spacial score (nSPS) is 24.9. The van der Waals surface area contributed by atoms with Crippen molar-refractivity contribution in [2.45, 2.75) is 43.6 Å². The van der Waals surface area contributed by atoms with Crippen LogP contribution in [0.4, 0.5) is 10.3 Å². The molecule has 1 atom stereocenters. The van der Waals surface area contributed by atoms with Gasteiger partial charge in [-0.25, -0.2) is 14.4 Å². The molecule has 1 saturated heterocycles. The Morgan fingerprint density at radius 3 is 2.87 bits per heavy atom. The van der Waals surface area contributed by atoms with E-state index >= 15 is 0 Å². The van der Waals surface area contributed by atoms with Crippen LogP contribution >= 0.6 is 0 Å². The highest BCUT2D eigenvalue weighted by Gasteiger charge is 2.37. The maximum absolute atomic E-state index is 12.9. The summed E-state index contributed by atoms with van der Waals surface area (Å²) in [4.78, 5) is 14.2. The second-order valence-electron chi connectivity index (χ2n) is 6.45. The first-order valence-corrected chi connectivity index (χ1v) is 7.89. The molecule has 8 heteroatoms. The Kier molecular flexibility index (Phi) is 3.48.